The van der Waals surface area contributed by atoms with Crippen LogP contribution in [0.2, 0.25) is 0 Å². The third-order valence-corrected chi connectivity index (χ3v) is 3.85. The summed E-state index contributed by atoms with van der Waals surface area (Å²) in [4.78, 5) is 12.0. The predicted octanol–water partition coefficient (Wildman–Crippen LogP) is 1.41. The highest BCUT2D eigenvalue weighted by atomic mass is 32.2. The highest BCUT2D eigenvalue weighted by Crippen LogP contribution is 2.34. The maximum absolute atomic E-state index is 12.0. The van der Waals surface area contributed by atoms with Crippen molar-refractivity contribution in [2.75, 3.05) is 33.3 Å². The van der Waals surface area contributed by atoms with Gasteiger partial charge in [0.1, 0.15) is 5.75 Å². The molecule has 124 valence electrons. The SMILES string of the molecule is COc1cc(OC)c(OC)cc1CNC(=O)[C@@H](N)CCSC. The molecule has 0 aliphatic rings. The fourth-order valence-electron chi connectivity index (χ4n) is 1.92. The van der Waals surface area contributed by atoms with E-state index >= 15 is 0 Å². The van der Waals surface area contributed by atoms with Gasteiger partial charge in [-0.3, -0.25) is 4.79 Å². The Labute approximate surface area is 135 Å². The molecule has 6 nitrogen and oxygen atoms in total. The van der Waals surface area contributed by atoms with Crippen LogP contribution in [-0.2, 0) is 11.3 Å². The van der Waals surface area contributed by atoms with Gasteiger partial charge in [0.05, 0.1) is 27.4 Å². The van der Waals surface area contributed by atoms with Crippen LogP contribution in [0, 0.1) is 0 Å². The molecule has 1 rings (SSSR count). The van der Waals surface area contributed by atoms with Crippen molar-refractivity contribution in [1.29, 1.82) is 0 Å². The lowest BCUT2D eigenvalue weighted by atomic mass is 10.1. The molecule has 0 aliphatic heterocycles. The first-order valence-corrected chi connectivity index (χ1v) is 8.27. The second-order valence-corrected chi connectivity index (χ2v) is 5.61. The quantitative estimate of drug-likeness (QED) is 0.713. The summed E-state index contributed by atoms with van der Waals surface area (Å²) in [7, 11) is 4.69. The Bertz CT molecular complexity index is 497. The molecule has 1 amide bonds. The van der Waals surface area contributed by atoms with Crippen LogP contribution in [0.5, 0.6) is 17.2 Å². The summed E-state index contributed by atoms with van der Waals surface area (Å²) in [6.07, 6.45) is 2.63. The number of nitrogens with one attached hydrogen (secondary N) is 1. The van der Waals surface area contributed by atoms with E-state index in [-0.39, 0.29) is 5.91 Å². The van der Waals surface area contributed by atoms with Crippen molar-refractivity contribution in [2.24, 2.45) is 5.73 Å². The van der Waals surface area contributed by atoms with Crippen LogP contribution in [0.25, 0.3) is 0 Å². The van der Waals surface area contributed by atoms with E-state index in [9.17, 15) is 4.79 Å². The van der Waals surface area contributed by atoms with Crippen molar-refractivity contribution in [3.8, 4) is 17.2 Å². The lowest BCUT2D eigenvalue weighted by molar-refractivity contribution is -0.122. The minimum Gasteiger partial charge on any atom is -0.496 e. The Morgan fingerprint density at radius 1 is 1.18 bits per heavy atom. The molecule has 0 saturated heterocycles. The topological polar surface area (TPSA) is 82.8 Å². The zero-order valence-corrected chi connectivity index (χ0v) is 14.3. The molecular weight excluding hydrogens is 304 g/mol. The predicted molar refractivity (Wildman–Crippen MR) is 88.9 cm³/mol. The Hall–Kier alpha value is -1.60. The number of methoxy groups -OCH3 is 3. The molecule has 1 aromatic carbocycles. The molecule has 7 heteroatoms. The molecule has 0 aliphatic carbocycles. The number of amides is 1. The van der Waals surface area contributed by atoms with Crippen molar-refractivity contribution < 1.29 is 19.0 Å². The maximum Gasteiger partial charge on any atom is 0.237 e. The Morgan fingerprint density at radius 3 is 2.32 bits per heavy atom. The highest BCUT2D eigenvalue weighted by molar-refractivity contribution is 7.98. The van der Waals surface area contributed by atoms with Crippen LogP contribution in [0.15, 0.2) is 12.1 Å². The van der Waals surface area contributed by atoms with E-state index in [1.165, 1.54) is 0 Å². The minimum absolute atomic E-state index is 0.175. The van der Waals surface area contributed by atoms with E-state index in [1.807, 2.05) is 6.26 Å². The fraction of sp³-hybridized carbons (Fsp3) is 0.533. The van der Waals surface area contributed by atoms with Gasteiger partial charge in [0.25, 0.3) is 0 Å². The first kappa shape index (κ1) is 18.4. The van der Waals surface area contributed by atoms with E-state index in [0.717, 1.165) is 11.3 Å². The summed E-state index contributed by atoms with van der Waals surface area (Å²) >= 11 is 1.67. The van der Waals surface area contributed by atoms with Gasteiger partial charge in [-0.2, -0.15) is 11.8 Å². The second-order valence-electron chi connectivity index (χ2n) is 4.62. The number of hydrogen-bond donors (Lipinski definition) is 2. The number of benzene rings is 1. The molecule has 0 heterocycles. The third kappa shape index (κ3) is 4.99. The lowest BCUT2D eigenvalue weighted by Gasteiger charge is -2.16. The Morgan fingerprint density at radius 2 is 1.77 bits per heavy atom. The average Bonchev–Trinajstić information content (AvgIpc) is 2.56. The van der Waals surface area contributed by atoms with E-state index in [4.69, 9.17) is 19.9 Å². The third-order valence-electron chi connectivity index (χ3n) is 3.21. The zero-order chi connectivity index (χ0) is 16.5. The van der Waals surface area contributed by atoms with Crippen LogP contribution in [-0.4, -0.2) is 45.3 Å². The van der Waals surface area contributed by atoms with Crippen molar-refractivity contribution in [1.82, 2.24) is 5.32 Å². The molecule has 1 aromatic rings. The van der Waals surface area contributed by atoms with E-state index < -0.39 is 6.04 Å². The van der Waals surface area contributed by atoms with Crippen LogP contribution >= 0.6 is 11.8 Å². The van der Waals surface area contributed by atoms with Crippen molar-refractivity contribution in [3.05, 3.63) is 17.7 Å². The van der Waals surface area contributed by atoms with E-state index in [1.54, 1.807) is 45.2 Å². The molecule has 1 atom stereocenters. The van der Waals surface area contributed by atoms with Gasteiger partial charge in [0.2, 0.25) is 5.91 Å². The molecule has 0 bridgehead atoms. The number of rotatable bonds is 9. The number of hydrogen-bond acceptors (Lipinski definition) is 6. The number of carbonyl (C=O) groups is 1. The zero-order valence-electron chi connectivity index (χ0n) is 13.5. The normalized spacial score (nSPS) is 11.7. The summed E-state index contributed by atoms with van der Waals surface area (Å²) in [5.74, 6) is 2.46. The summed E-state index contributed by atoms with van der Waals surface area (Å²) in [5, 5.41) is 2.82. The minimum atomic E-state index is -0.501. The molecule has 0 unspecified atom stereocenters. The first-order chi connectivity index (χ1) is 10.6. The molecule has 0 saturated carbocycles. The summed E-state index contributed by atoms with van der Waals surface area (Å²) in [6, 6.07) is 3.01. The fourth-order valence-corrected chi connectivity index (χ4v) is 2.41. The average molecular weight is 328 g/mol. The molecule has 0 aromatic heterocycles. The summed E-state index contributed by atoms with van der Waals surface area (Å²) in [5.41, 5.74) is 6.64. The van der Waals surface area contributed by atoms with Gasteiger partial charge in [0.15, 0.2) is 11.5 Å². The van der Waals surface area contributed by atoms with E-state index in [0.29, 0.717) is 30.2 Å². The molecular formula is C15H24N2O4S. The number of carbonyl (C=O) groups excluding carboxylic acids is 1. The number of nitrogens with two attached hydrogens (primary N) is 1. The lowest BCUT2D eigenvalue weighted by Crippen LogP contribution is -2.40. The number of thioether (sulfide) groups is 1. The Kier molecular flexibility index (Phi) is 7.90. The van der Waals surface area contributed by atoms with Crippen molar-refractivity contribution >= 4 is 17.7 Å². The summed E-state index contributed by atoms with van der Waals surface area (Å²) < 4.78 is 15.8. The monoisotopic (exact) mass is 328 g/mol. The van der Waals surface area contributed by atoms with Gasteiger partial charge < -0.3 is 25.3 Å². The second kappa shape index (κ2) is 9.42. The smallest absolute Gasteiger partial charge is 0.237 e. The summed E-state index contributed by atoms with van der Waals surface area (Å²) in [6.45, 7) is 0.315. The van der Waals surface area contributed by atoms with Crippen LogP contribution in [0.3, 0.4) is 0 Å². The molecule has 22 heavy (non-hydrogen) atoms. The molecule has 0 fully saturated rings. The highest BCUT2D eigenvalue weighted by Gasteiger charge is 2.15. The maximum atomic E-state index is 12.0. The molecule has 0 radical (unpaired) electrons. The van der Waals surface area contributed by atoms with Gasteiger partial charge in [-0.1, -0.05) is 0 Å². The van der Waals surface area contributed by atoms with Crippen molar-refractivity contribution in [3.63, 3.8) is 0 Å². The van der Waals surface area contributed by atoms with Crippen LogP contribution in [0.4, 0.5) is 0 Å². The van der Waals surface area contributed by atoms with Gasteiger partial charge >= 0.3 is 0 Å². The standard InChI is InChI=1S/C15H24N2O4S/c1-19-12-8-14(21-3)13(20-2)7-10(12)9-17-15(18)11(16)5-6-22-4/h7-8,11H,5-6,9,16H2,1-4H3,(H,17,18)/t11-/m0/s1. The first-order valence-electron chi connectivity index (χ1n) is 6.88. The van der Waals surface area contributed by atoms with Crippen LogP contribution < -0.4 is 25.3 Å². The van der Waals surface area contributed by atoms with E-state index in [2.05, 4.69) is 5.32 Å². The largest absolute Gasteiger partial charge is 0.496 e. The Balaban J connectivity index is 2.78. The van der Waals surface area contributed by atoms with Gasteiger partial charge in [0, 0.05) is 18.2 Å². The number of ether oxygens (including phenoxy) is 3. The van der Waals surface area contributed by atoms with Gasteiger partial charge in [-0.05, 0) is 24.5 Å². The molecule has 0 spiro atoms. The van der Waals surface area contributed by atoms with Crippen molar-refractivity contribution in [2.45, 2.75) is 19.0 Å². The molecule has 3 N–H and O–H groups in total. The van der Waals surface area contributed by atoms with Crippen LogP contribution in [0.1, 0.15) is 12.0 Å². The van der Waals surface area contributed by atoms with Gasteiger partial charge in [-0.15, -0.1) is 0 Å². The van der Waals surface area contributed by atoms with Gasteiger partial charge in [-0.25, -0.2) is 0 Å².